The number of anilines is 1. The SMILES string of the molecule is O=C(Nc1c(Cl)cncc1Cl)c1ccc(OC(F)C(F)F)c(OC2CCCC2)c1. The number of hydrogen-bond acceptors (Lipinski definition) is 4. The normalized spacial score (nSPS) is 15.4. The summed E-state index contributed by atoms with van der Waals surface area (Å²) in [6, 6.07) is 3.82. The van der Waals surface area contributed by atoms with E-state index in [1.54, 1.807) is 0 Å². The summed E-state index contributed by atoms with van der Waals surface area (Å²) in [6.45, 7) is 0. The average Bonchev–Trinajstić information content (AvgIpc) is 3.19. The molecule has 0 saturated heterocycles. The zero-order valence-electron chi connectivity index (χ0n) is 15.0. The third-order valence-corrected chi connectivity index (χ3v) is 4.90. The highest BCUT2D eigenvalue weighted by molar-refractivity contribution is 6.39. The van der Waals surface area contributed by atoms with Crippen LogP contribution in [0, 0.1) is 0 Å². The van der Waals surface area contributed by atoms with Crippen LogP contribution in [-0.4, -0.2) is 29.8 Å². The lowest BCUT2D eigenvalue weighted by atomic mass is 10.1. The molecule has 1 amide bonds. The van der Waals surface area contributed by atoms with E-state index in [1.165, 1.54) is 30.6 Å². The first-order valence-electron chi connectivity index (χ1n) is 8.85. The van der Waals surface area contributed by atoms with E-state index in [2.05, 4.69) is 15.0 Å². The predicted octanol–water partition coefficient (Wildman–Crippen LogP) is 5.90. The second-order valence-corrected chi connectivity index (χ2v) is 7.24. The largest absolute Gasteiger partial charge is 0.487 e. The van der Waals surface area contributed by atoms with Crippen molar-refractivity contribution in [3.8, 4) is 11.5 Å². The fourth-order valence-corrected chi connectivity index (χ4v) is 3.37. The van der Waals surface area contributed by atoms with Crippen LogP contribution in [0.5, 0.6) is 11.5 Å². The van der Waals surface area contributed by atoms with Crippen molar-refractivity contribution in [2.75, 3.05) is 5.32 Å². The molecule has 1 aromatic carbocycles. The van der Waals surface area contributed by atoms with Crippen LogP contribution >= 0.6 is 23.2 Å². The summed E-state index contributed by atoms with van der Waals surface area (Å²) in [5.74, 6) is -0.769. The molecule has 156 valence electrons. The van der Waals surface area contributed by atoms with Gasteiger partial charge in [-0.25, -0.2) is 8.78 Å². The molecule has 0 bridgehead atoms. The number of nitrogens with one attached hydrogen (secondary N) is 1. The maximum atomic E-state index is 13.4. The molecule has 1 N–H and O–H groups in total. The second kappa shape index (κ2) is 9.54. The molecule has 0 spiro atoms. The van der Waals surface area contributed by atoms with Crippen molar-refractivity contribution >= 4 is 34.8 Å². The van der Waals surface area contributed by atoms with Gasteiger partial charge in [-0.1, -0.05) is 23.2 Å². The number of halogens is 5. The Balaban J connectivity index is 1.85. The van der Waals surface area contributed by atoms with Gasteiger partial charge in [-0.2, -0.15) is 4.39 Å². The van der Waals surface area contributed by atoms with Crippen LogP contribution in [0.3, 0.4) is 0 Å². The zero-order chi connectivity index (χ0) is 21.0. The number of carbonyl (C=O) groups is 1. The minimum absolute atomic E-state index is 0.0137. The van der Waals surface area contributed by atoms with Crippen LogP contribution in [0.25, 0.3) is 0 Å². The van der Waals surface area contributed by atoms with Crippen molar-refractivity contribution in [2.24, 2.45) is 0 Å². The van der Waals surface area contributed by atoms with E-state index in [4.69, 9.17) is 27.9 Å². The van der Waals surface area contributed by atoms with Crippen LogP contribution in [0.15, 0.2) is 30.6 Å². The highest BCUT2D eigenvalue weighted by atomic mass is 35.5. The molecule has 3 rings (SSSR count). The van der Waals surface area contributed by atoms with Crippen molar-refractivity contribution < 1.29 is 27.4 Å². The standard InChI is InChI=1S/C19H17Cl2F3N2O3/c20-12-8-25-9-13(21)16(12)26-19(27)10-5-6-14(29-18(24)17(22)23)15(7-10)28-11-3-1-2-4-11/h5-9,11,17-18H,1-4H2,(H,25,26,27). The summed E-state index contributed by atoms with van der Waals surface area (Å²) in [5, 5.41) is 2.85. The number of pyridine rings is 1. The fourth-order valence-electron chi connectivity index (χ4n) is 2.91. The Morgan fingerprint density at radius 2 is 1.76 bits per heavy atom. The molecule has 1 atom stereocenters. The molecule has 5 nitrogen and oxygen atoms in total. The highest BCUT2D eigenvalue weighted by Crippen LogP contribution is 2.35. The van der Waals surface area contributed by atoms with Gasteiger partial charge in [0.25, 0.3) is 12.3 Å². The number of hydrogen-bond donors (Lipinski definition) is 1. The Morgan fingerprint density at radius 3 is 2.38 bits per heavy atom. The maximum Gasteiger partial charge on any atom is 0.304 e. The number of amides is 1. The zero-order valence-corrected chi connectivity index (χ0v) is 16.5. The van der Waals surface area contributed by atoms with Gasteiger partial charge in [0, 0.05) is 18.0 Å². The molecule has 0 radical (unpaired) electrons. The Kier molecular flexibility index (Phi) is 7.08. The van der Waals surface area contributed by atoms with Crippen LogP contribution in [0.4, 0.5) is 18.9 Å². The minimum Gasteiger partial charge on any atom is -0.487 e. The number of carbonyl (C=O) groups excluding carboxylic acids is 1. The predicted molar refractivity (Wildman–Crippen MR) is 103 cm³/mol. The topological polar surface area (TPSA) is 60.5 Å². The molecular formula is C19H17Cl2F3N2O3. The molecule has 10 heteroatoms. The first-order chi connectivity index (χ1) is 13.8. The van der Waals surface area contributed by atoms with Gasteiger partial charge >= 0.3 is 6.43 Å². The van der Waals surface area contributed by atoms with Crippen molar-refractivity contribution in [2.45, 2.75) is 44.6 Å². The van der Waals surface area contributed by atoms with Crippen molar-refractivity contribution in [3.05, 3.63) is 46.2 Å². The molecule has 1 aliphatic rings. The molecule has 1 aromatic heterocycles. The van der Waals surface area contributed by atoms with Gasteiger partial charge in [0.05, 0.1) is 21.8 Å². The molecular weight excluding hydrogens is 432 g/mol. The third-order valence-electron chi connectivity index (χ3n) is 4.33. The number of aromatic nitrogens is 1. The Bertz CT molecular complexity index is 860. The lowest BCUT2D eigenvalue weighted by molar-refractivity contribution is -0.0682. The molecule has 1 unspecified atom stereocenters. The van der Waals surface area contributed by atoms with E-state index >= 15 is 0 Å². The summed E-state index contributed by atoms with van der Waals surface area (Å²) < 4.78 is 49.0. The van der Waals surface area contributed by atoms with E-state index in [-0.39, 0.29) is 38.9 Å². The van der Waals surface area contributed by atoms with Crippen LogP contribution in [0.1, 0.15) is 36.0 Å². The second-order valence-electron chi connectivity index (χ2n) is 6.42. The van der Waals surface area contributed by atoms with Gasteiger partial charge in [-0.3, -0.25) is 9.78 Å². The average molecular weight is 449 g/mol. The van der Waals surface area contributed by atoms with Gasteiger partial charge in [0.15, 0.2) is 11.5 Å². The van der Waals surface area contributed by atoms with Crippen LogP contribution < -0.4 is 14.8 Å². The summed E-state index contributed by atoms with van der Waals surface area (Å²) >= 11 is 12.0. The van der Waals surface area contributed by atoms with Gasteiger partial charge in [-0.05, 0) is 43.9 Å². The lowest BCUT2D eigenvalue weighted by Gasteiger charge is -2.19. The van der Waals surface area contributed by atoms with E-state index in [9.17, 15) is 18.0 Å². The Hall–Kier alpha value is -2.19. The number of nitrogens with zero attached hydrogens (tertiary/aromatic N) is 1. The first kappa shape index (κ1) is 21.5. The number of benzene rings is 1. The van der Waals surface area contributed by atoms with E-state index in [0.29, 0.717) is 0 Å². The summed E-state index contributed by atoms with van der Waals surface area (Å²) in [5.41, 5.74) is 0.301. The Morgan fingerprint density at radius 1 is 1.10 bits per heavy atom. The smallest absolute Gasteiger partial charge is 0.304 e. The molecule has 0 aliphatic heterocycles. The molecule has 1 saturated carbocycles. The van der Waals surface area contributed by atoms with Gasteiger partial charge in [0.2, 0.25) is 0 Å². The van der Waals surface area contributed by atoms with Crippen molar-refractivity contribution in [1.82, 2.24) is 4.98 Å². The Labute approximate surface area is 175 Å². The number of ether oxygens (including phenoxy) is 2. The molecule has 1 fully saturated rings. The van der Waals surface area contributed by atoms with E-state index in [0.717, 1.165) is 25.7 Å². The lowest BCUT2D eigenvalue weighted by Crippen LogP contribution is -2.21. The number of rotatable bonds is 7. The van der Waals surface area contributed by atoms with Crippen molar-refractivity contribution in [1.29, 1.82) is 0 Å². The minimum atomic E-state index is -3.31. The van der Waals surface area contributed by atoms with Crippen LogP contribution in [-0.2, 0) is 0 Å². The molecule has 1 aliphatic carbocycles. The molecule has 2 aromatic rings. The first-order valence-corrected chi connectivity index (χ1v) is 9.60. The maximum absolute atomic E-state index is 13.4. The van der Waals surface area contributed by atoms with Crippen LogP contribution in [0.2, 0.25) is 10.0 Å². The highest BCUT2D eigenvalue weighted by Gasteiger charge is 2.25. The van der Waals surface area contributed by atoms with Gasteiger partial charge in [0.1, 0.15) is 0 Å². The quantitative estimate of drug-likeness (QED) is 0.572. The molecule has 1 heterocycles. The fraction of sp³-hybridized carbons (Fsp3) is 0.368. The summed E-state index contributed by atoms with van der Waals surface area (Å²) in [7, 11) is 0. The monoisotopic (exact) mass is 448 g/mol. The van der Waals surface area contributed by atoms with Crippen molar-refractivity contribution in [3.63, 3.8) is 0 Å². The summed E-state index contributed by atoms with van der Waals surface area (Å²) in [6.07, 6.45) is -0.183. The number of alkyl halides is 3. The summed E-state index contributed by atoms with van der Waals surface area (Å²) in [4.78, 5) is 16.4. The third kappa shape index (κ3) is 5.45. The van der Waals surface area contributed by atoms with Gasteiger partial charge in [-0.15, -0.1) is 0 Å². The van der Waals surface area contributed by atoms with E-state index < -0.39 is 18.7 Å². The van der Waals surface area contributed by atoms with Gasteiger partial charge < -0.3 is 14.8 Å². The molecule has 29 heavy (non-hydrogen) atoms. The van der Waals surface area contributed by atoms with E-state index in [1.807, 2.05) is 0 Å².